The number of likely N-dealkylation sites (tertiary alicyclic amines) is 1. The Bertz CT molecular complexity index is 910. The predicted octanol–water partition coefficient (Wildman–Crippen LogP) is 3.80. The lowest BCUT2D eigenvalue weighted by atomic mass is 10.1. The van der Waals surface area contributed by atoms with E-state index < -0.39 is 0 Å². The molecule has 1 atom stereocenters. The Balaban J connectivity index is 1.70. The van der Waals surface area contributed by atoms with E-state index in [0.29, 0.717) is 28.6 Å². The molecular formula is C17H17ClN4O2. The van der Waals surface area contributed by atoms with Crippen LogP contribution in [0, 0.1) is 13.8 Å². The number of carbonyl (C=O) groups is 1. The largest absolute Gasteiger partial charge is 0.361 e. The van der Waals surface area contributed by atoms with Gasteiger partial charge in [0, 0.05) is 11.6 Å². The molecule has 0 radical (unpaired) electrons. The highest BCUT2D eigenvalue weighted by molar-refractivity contribution is 6.31. The number of carbonyl (C=O) groups excluding carboxylic acids is 1. The molecule has 1 saturated heterocycles. The van der Waals surface area contributed by atoms with Gasteiger partial charge in [0.25, 0.3) is 5.91 Å². The average molecular weight is 345 g/mol. The molecule has 0 bridgehead atoms. The van der Waals surface area contributed by atoms with Crippen LogP contribution in [0.4, 0.5) is 0 Å². The number of benzene rings is 1. The molecule has 1 fully saturated rings. The smallest absolute Gasteiger partial charge is 0.259 e. The second kappa shape index (κ2) is 5.63. The number of fused-ring (bicyclic) bond motifs is 1. The minimum atomic E-state index is -0.0719. The van der Waals surface area contributed by atoms with Crippen LogP contribution in [0.2, 0.25) is 5.02 Å². The molecule has 24 heavy (non-hydrogen) atoms. The summed E-state index contributed by atoms with van der Waals surface area (Å²) in [5.74, 6) is 1.30. The molecule has 3 heterocycles. The number of nitrogens with zero attached hydrogens (tertiary/aromatic N) is 3. The summed E-state index contributed by atoms with van der Waals surface area (Å²) >= 11 is 6.04. The van der Waals surface area contributed by atoms with Crippen molar-refractivity contribution in [1.29, 1.82) is 0 Å². The molecule has 1 N–H and O–H groups in total. The number of amides is 1. The molecule has 1 aromatic carbocycles. The SMILES string of the molecule is Cc1noc(C)c1C(=O)N1CCC[C@@H]1c1nc2ccc(Cl)cc2[nH]1. The van der Waals surface area contributed by atoms with E-state index in [9.17, 15) is 4.79 Å². The van der Waals surface area contributed by atoms with E-state index >= 15 is 0 Å². The van der Waals surface area contributed by atoms with E-state index in [1.807, 2.05) is 23.1 Å². The first-order chi connectivity index (χ1) is 11.5. The van der Waals surface area contributed by atoms with Gasteiger partial charge in [0.05, 0.1) is 22.8 Å². The fourth-order valence-corrected chi connectivity index (χ4v) is 3.56. The van der Waals surface area contributed by atoms with Gasteiger partial charge < -0.3 is 14.4 Å². The standard InChI is InChI=1S/C17H17ClN4O2/c1-9-15(10(2)24-21-9)17(23)22-7-3-4-14(22)16-19-12-6-5-11(18)8-13(12)20-16/h5-6,8,14H,3-4,7H2,1-2H3,(H,19,20)/t14-/m1/s1. The van der Waals surface area contributed by atoms with Crippen LogP contribution < -0.4 is 0 Å². The van der Waals surface area contributed by atoms with Crippen molar-refractivity contribution in [3.8, 4) is 0 Å². The van der Waals surface area contributed by atoms with Crippen molar-refractivity contribution >= 4 is 28.5 Å². The summed E-state index contributed by atoms with van der Waals surface area (Å²) in [5, 5.41) is 4.55. The molecule has 4 rings (SSSR count). The Morgan fingerprint density at radius 3 is 3.00 bits per heavy atom. The summed E-state index contributed by atoms with van der Waals surface area (Å²) in [6, 6.07) is 5.48. The first-order valence-corrected chi connectivity index (χ1v) is 8.31. The molecule has 1 amide bonds. The summed E-state index contributed by atoms with van der Waals surface area (Å²) in [7, 11) is 0. The van der Waals surface area contributed by atoms with Crippen LogP contribution >= 0.6 is 11.6 Å². The van der Waals surface area contributed by atoms with Crippen LogP contribution in [0.3, 0.4) is 0 Å². The van der Waals surface area contributed by atoms with Crippen LogP contribution in [0.1, 0.15) is 46.5 Å². The maximum Gasteiger partial charge on any atom is 0.259 e. The number of imidazole rings is 1. The monoisotopic (exact) mass is 344 g/mol. The highest BCUT2D eigenvalue weighted by Gasteiger charge is 2.35. The number of aromatic nitrogens is 3. The maximum absolute atomic E-state index is 13.0. The van der Waals surface area contributed by atoms with Crippen LogP contribution in [0.15, 0.2) is 22.7 Å². The fraction of sp³-hybridized carbons (Fsp3) is 0.353. The molecule has 0 saturated carbocycles. The van der Waals surface area contributed by atoms with Crippen LogP contribution in [-0.2, 0) is 0 Å². The number of halogens is 1. The van der Waals surface area contributed by atoms with Crippen molar-refractivity contribution in [1.82, 2.24) is 20.0 Å². The van der Waals surface area contributed by atoms with Crippen molar-refractivity contribution in [2.45, 2.75) is 32.7 Å². The van der Waals surface area contributed by atoms with Crippen molar-refractivity contribution in [2.24, 2.45) is 0 Å². The van der Waals surface area contributed by atoms with Crippen molar-refractivity contribution < 1.29 is 9.32 Å². The molecular weight excluding hydrogens is 328 g/mol. The third-order valence-corrected chi connectivity index (χ3v) is 4.77. The van der Waals surface area contributed by atoms with Gasteiger partial charge in [-0.25, -0.2) is 4.98 Å². The average Bonchev–Trinajstić information content (AvgIpc) is 3.24. The minimum Gasteiger partial charge on any atom is -0.361 e. The molecule has 2 aromatic heterocycles. The second-order valence-electron chi connectivity index (χ2n) is 6.14. The van der Waals surface area contributed by atoms with E-state index in [2.05, 4.69) is 15.1 Å². The van der Waals surface area contributed by atoms with Gasteiger partial charge in [-0.3, -0.25) is 4.79 Å². The predicted molar refractivity (Wildman–Crippen MR) is 90.1 cm³/mol. The number of aromatic amines is 1. The van der Waals surface area contributed by atoms with E-state index in [0.717, 1.165) is 29.7 Å². The number of nitrogens with one attached hydrogen (secondary N) is 1. The number of aryl methyl sites for hydroxylation is 2. The Kier molecular flexibility index (Phi) is 3.57. The highest BCUT2D eigenvalue weighted by Crippen LogP contribution is 2.33. The molecule has 0 unspecified atom stereocenters. The zero-order valence-corrected chi connectivity index (χ0v) is 14.2. The summed E-state index contributed by atoms with van der Waals surface area (Å²) in [6.07, 6.45) is 1.82. The molecule has 6 nitrogen and oxygen atoms in total. The number of hydrogen-bond acceptors (Lipinski definition) is 4. The summed E-state index contributed by atoms with van der Waals surface area (Å²) in [6.45, 7) is 4.25. The lowest BCUT2D eigenvalue weighted by Crippen LogP contribution is -2.31. The Morgan fingerprint density at radius 2 is 2.25 bits per heavy atom. The maximum atomic E-state index is 13.0. The normalized spacial score (nSPS) is 17.8. The summed E-state index contributed by atoms with van der Waals surface area (Å²) in [4.78, 5) is 22.8. The zero-order chi connectivity index (χ0) is 16.8. The number of hydrogen-bond donors (Lipinski definition) is 1. The van der Waals surface area contributed by atoms with Gasteiger partial charge in [-0.05, 0) is 44.9 Å². The summed E-state index contributed by atoms with van der Waals surface area (Å²) in [5.41, 5.74) is 2.92. The molecule has 0 spiro atoms. The third-order valence-electron chi connectivity index (χ3n) is 4.54. The van der Waals surface area contributed by atoms with Crippen molar-refractivity contribution in [3.63, 3.8) is 0 Å². The van der Waals surface area contributed by atoms with Gasteiger partial charge in [0.2, 0.25) is 0 Å². The minimum absolute atomic E-state index is 0.0489. The molecule has 124 valence electrons. The first kappa shape index (κ1) is 15.2. The van der Waals surface area contributed by atoms with Gasteiger partial charge in [0.15, 0.2) is 0 Å². The van der Waals surface area contributed by atoms with Gasteiger partial charge in [-0.2, -0.15) is 0 Å². The molecule has 1 aliphatic rings. The first-order valence-electron chi connectivity index (χ1n) is 7.93. The third kappa shape index (κ3) is 2.38. The fourth-order valence-electron chi connectivity index (χ4n) is 3.39. The Hall–Kier alpha value is -2.34. The van der Waals surface area contributed by atoms with Crippen molar-refractivity contribution in [3.05, 3.63) is 46.1 Å². The topological polar surface area (TPSA) is 75.0 Å². The van der Waals surface area contributed by atoms with E-state index in [4.69, 9.17) is 16.1 Å². The lowest BCUT2D eigenvalue weighted by molar-refractivity contribution is 0.0728. The van der Waals surface area contributed by atoms with Gasteiger partial charge in [0.1, 0.15) is 17.1 Å². The van der Waals surface area contributed by atoms with Crippen LogP contribution in [0.25, 0.3) is 11.0 Å². The molecule has 0 aliphatic carbocycles. The Labute approximate surface area is 143 Å². The molecule has 3 aromatic rings. The second-order valence-corrected chi connectivity index (χ2v) is 6.58. The zero-order valence-electron chi connectivity index (χ0n) is 13.5. The van der Waals surface area contributed by atoms with E-state index in [1.54, 1.807) is 13.8 Å². The lowest BCUT2D eigenvalue weighted by Gasteiger charge is -2.23. The quantitative estimate of drug-likeness (QED) is 0.767. The number of H-pyrrole nitrogens is 1. The summed E-state index contributed by atoms with van der Waals surface area (Å²) < 4.78 is 5.14. The van der Waals surface area contributed by atoms with Gasteiger partial charge >= 0.3 is 0 Å². The van der Waals surface area contributed by atoms with E-state index in [1.165, 1.54) is 0 Å². The Morgan fingerprint density at radius 1 is 1.42 bits per heavy atom. The van der Waals surface area contributed by atoms with E-state index in [-0.39, 0.29) is 11.9 Å². The van der Waals surface area contributed by atoms with Gasteiger partial charge in [-0.15, -0.1) is 0 Å². The molecule has 1 aliphatic heterocycles. The highest BCUT2D eigenvalue weighted by atomic mass is 35.5. The van der Waals surface area contributed by atoms with Gasteiger partial charge in [-0.1, -0.05) is 16.8 Å². The van der Waals surface area contributed by atoms with Crippen LogP contribution in [-0.4, -0.2) is 32.5 Å². The van der Waals surface area contributed by atoms with Crippen molar-refractivity contribution in [2.75, 3.05) is 6.54 Å². The molecule has 7 heteroatoms. The number of rotatable bonds is 2. The van der Waals surface area contributed by atoms with Crippen LogP contribution in [0.5, 0.6) is 0 Å².